The van der Waals surface area contributed by atoms with Crippen LogP contribution in [0.3, 0.4) is 0 Å². The second-order valence-corrected chi connectivity index (χ2v) is 9.63. The number of carbonyl (C=O) groups excluding carboxylic acids is 1. The third-order valence-corrected chi connectivity index (χ3v) is 7.84. The van der Waals surface area contributed by atoms with Crippen molar-refractivity contribution in [1.29, 1.82) is 0 Å². The molecule has 0 atom stereocenters. The van der Waals surface area contributed by atoms with Crippen LogP contribution in [-0.2, 0) is 21.4 Å². The molecule has 0 aliphatic carbocycles. The summed E-state index contributed by atoms with van der Waals surface area (Å²) in [6.07, 6.45) is 0. The number of sulfonamides is 1. The average Bonchev–Trinajstić information content (AvgIpc) is 2.70. The van der Waals surface area contributed by atoms with E-state index in [0.717, 1.165) is 11.1 Å². The summed E-state index contributed by atoms with van der Waals surface area (Å²) in [5.41, 5.74) is 2.21. The van der Waals surface area contributed by atoms with Crippen LogP contribution in [-0.4, -0.2) is 56.3 Å². The molecule has 0 radical (unpaired) electrons. The lowest BCUT2D eigenvalue weighted by molar-refractivity contribution is -0.122. The van der Waals surface area contributed by atoms with Gasteiger partial charge < -0.3 is 5.32 Å². The van der Waals surface area contributed by atoms with Gasteiger partial charge in [0.1, 0.15) is 4.90 Å². The van der Waals surface area contributed by atoms with E-state index in [2.05, 4.69) is 5.32 Å². The number of amides is 1. The van der Waals surface area contributed by atoms with Gasteiger partial charge in [0.25, 0.3) is 0 Å². The number of carbonyl (C=O) groups is 1. The van der Waals surface area contributed by atoms with Gasteiger partial charge in [0.05, 0.1) is 16.6 Å². The van der Waals surface area contributed by atoms with E-state index in [1.807, 2.05) is 36.1 Å². The average molecular weight is 456 g/mol. The summed E-state index contributed by atoms with van der Waals surface area (Å²) in [4.78, 5) is 14.2. The van der Waals surface area contributed by atoms with Gasteiger partial charge in [-0.25, -0.2) is 8.42 Å². The molecule has 0 bridgehead atoms. The third-order valence-electron chi connectivity index (χ3n) is 4.97. The van der Waals surface area contributed by atoms with Crippen LogP contribution in [0.15, 0.2) is 47.4 Å². The lowest BCUT2D eigenvalue weighted by atomic mass is 10.1. The first-order chi connectivity index (χ1) is 13.8. The Morgan fingerprint density at radius 3 is 2.41 bits per heavy atom. The summed E-state index contributed by atoms with van der Waals surface area (Å²) >= 11 is 12.0. The first-order valence-electron chi connectivity index (χ1n) is 9.27. The number of hydrogen-bond donors (Lipinski definition) is 1. The van der Waals surface area contributed by atoms with Gasteiger partial charge in [0.2, 0.25) is 15.9 Å². The molecule has 0 unspecified atom stereocenters. The molecule has 3 rings (SSSR count). The van der Waals surface area contributed by atoms with E-state index >= 15 is 0 Å². The molecule has 156 valence electrons. The lowest BCUT2D eigenvalue weighted by Gasteiger charge is -2.33. The third kappa shape index (κ3) is 5.29. The molecule has 1 aliphatic rings. The van der Waals surface area contributed by atoms with Crippen molar-refractivity contribution >= 4 is 39.1 Å². The van der Waals surface area contributed by atoms with Gasteiger partial charge in [0, 0.05) is 32.7 Å². The molecule has 29 heavy (non-hydrogen) atoms. The molecule has 1 fully saturated rings. The maximum atomic E-state index is 12.9. The molecule has 1 aliphatic heterocycles. The monoisotopic (exact) mass is 455 g/mol. The van der Waals surface area contributed by atoms with Crippen LogP contribution < -0.4 is 5.32 Å². The highest BCUT2D eigenvalue weighted by molar-refractivity contribution is 7.89. The van der Waals surface area contributed by atoms with Gasteiger partial charge in [0.15, 0.2) is 0 Å². The fourth-order valence-electron chi connectivity index (χ4n) is 3.21. The Balaban J connectivity index is 1.53. The fraction of sp³-hybridized carbons (Fsp3) is 0.350. The molecule has 0 spiro atoms. The van der Waals surface area contributed by atoms with Crippen LogP contribution in [0.4, 0.5) is 0 Å². The Labute approximate surface area is 181 Å². The van der Waals surface area contributed by atoms with Crippen LogP contribution in [0.25, 0.3) is 0 Å². The minimum Gasteiger partial charge on any atom is -0.351 e. The van der Waals surface area contributed by atoms with Crippen LogP contribution in [0.2, 0.25) is 10.0 Å². The van der Waals surface area contributed by atoms with Crippen molar-refractivity contribution in [2.45, 2.75) is 18.4 Å². The van der Waals surface area contributed by atoms with Gasteiger partial charge in [-0.2, -0.15) is 4.31 Å². The summed E-state index contributed by atoms with van der Waals surface area (Å²) in [5, 5.41) is 3.16. The van der Waals surface area contributed by atoms with E-state index < -0.39 is 10.0 Å². The predicted molar refractivity (Wildman–Crippen MR) is 115 cm³/mol. The summed E-state index contributed by atoms with van der Waals surface area (Å²) in [7, 11) is -3.73. The number of aryl methyl sites for hydroxylation is 1. The van der Waals surface area contributed by atoms with E-state index in [0.29, 0.717) is 19.6 Å². The largest absolute Gasteiger partial charge is 0.351 e. The highest BCUT2D eigenvalue weighted by atomic mass is 35.5. The zero-order valence-corrected chi connectivity index (χ0v) is 18.4. The summed E-state index contributed by atoms with van der Waals surface area (Å²) < 4.78 is 27.1. The number of benzene rings is 2. The Kier molecular flexibility index (Phi) is 7.19. The molecule has 2 aromatic carbocycles. The molecule has 0 aromatic heterocycles. The zero-order chi connectivity index (χ0) is 21.0. The minimum absolute atomic E-state index is 0.0103. The first kappa shape index (κ1) is 22.1. The SMILES string of the molecule is Cc1ccccc1CNC(=O)CN1CCN(S(=O)(=O)c2cccc(Cl)c2Cl)CC1. The maximum absolute atomic E-state index is 12.9. The van der Waals surface area contributed by atoms with E-state index in [-0.39, 0.29) is 40.5 Å². The van der Waals surface area contributed by atoms with E-state index in [9.17, 15) is 13.2 Å². The van der Waals surface area contributed by atoms with E-state index in [1.165, 1.54) is 10.4 Å². The van der Waals surface area contributed by atoms with Crippen molar-refractivity contribution in [3.8, 4) is 0 Å². The normalized spacial score (nSPS) is 16.0. The highest BCUT2D eigenvalue weighted by Gasteiger charge is 2.31. The number of hydrogen-bond acceptors (Lipinski definition) is 4. The van der Waals surface area contributed by atoms with E-state index in [1.54, 1.807) is 12.1 Å². The Hall–Kier alpha value is -1.64. The molecule has 1 heterocycles. The lowest BCUT2D eigenvalue weighted by Crippen LogP contribution is -2.51. The first-order valence-corrected chi connectivity index (χ1v) is 11.5. The zero-order valence-electron chi connectivity index (χ0n) is 16.1. The second kappa shape index (κ2) is 9.45. The van der Waals surface area contributed by atoms with Gasteiger partial charge >= 0.3 is 0 Å². The predicted octanol–water partition coefficient (Wildman–Crippen LogP) is 2.92. The van der Waals surface area contributed by atoms with Crippen LogP contribution >= 0.6 is 23.2 Å². The fourth-order valence-corrected chi connectivity index (χ4v) is 5.37. The molecular formula is C20H23Cl2N3O3S. The van der Waals surface area contributed by atoms with E-state index in [4.69, 9.17) is 23.2 Å². The Morgan fingerprint density at radius 1 is 1.03 bits per heavy atom. The molecule has 2 aromatic rings. The highest BCUT2D eigenvalue weighted by Crippen LogP contribution is 2.31. The molecule has 6 nitrogen and oxygen atoms in total. The summed E-state index contributed by atoms with van der Waals surface area (Å²) in [6, 6.07) is 12.5. The molecule has 1 saturated heterocycles. The number of rotatable bonds is 6. The van der Waals surface area contributed by atoms with Crippen molar-refractivity contribution in [1.82, 2.24) is 14.5 Å². The Morgan fingerprint density at radius 2 is 1.72 bits per heavy atom. The van der Waals surface area contributed by atoms with Crippen molar-refractivity contribution in [3.05, 3.63) is 63.6 Å². The maximum Gasteiger partial charge on any atom is 0.244 e. The molecule has 9 heteroatoms. The minimum atomic E-state index is -3.73. The number of nitrogens with zero attached hydrogens (tertiary/aromatic N) is 2. The van der Waals surface area contributed by atoms with Crippen molar-refractivity contribution in [3.63, 3.8) is 0 Å². The molecule has 1 amide bonds. The second-order valence-electron chi connectivity index (χ2n) is 6.94. The van der Waals surface area contributed by atoms with Gasteiger partial charge in [-0.1, -0.05) is 53.5 Å². The molecular weight excluding hydrogens is 433 g/mol. The van der Waals surface area contributed by atoms with Crippen molar-refractivity contribution < 1.29 is 13.2 Å². The molecule has 1 N–H and O–H groups in total. The van der Waals surface area contributed by atoms with Crippen LogP contribution in [0.5, 0.6) is 0 Å². The van der Waals surface area contributed by atoms with Crippen molar-refractivity contribution in [2.75, 3.05) is 32.7 Å². The van der Waals surface area contributed by atoms with Crippen LogP contribution in [0, 0.1) is 6.92 Å². The van der Waals surface area contributed by atoms with Gasteiger partial charge in [-0.15, -0.1) is 0 Å². The van der Waals surface area contributed by atoms with Gasteiger partial charge in [-0.05, 0) is 30.2 Å². The smallest absolute Gasteiger partial charge is 0.244 e. The summed E-state index contributed by atoms with van der Waals surface area (Å²) in [6.45, 7) is 4.23. The molecule has 0 saturated carbocycles. The summed E-state index contributed by atoms with van der Waals surface area (Å²) in [5.74, 6) is -0.0811. The number of nitrogens with one attached hydrogen (secondary N) is 1. The number of halogens is 2. The standard InChI is InChI=1S/C20H23Cl2N3O3S/c1-15-5-2-3-6-16(15)13-23-19(26)14-24-9-11-25(12-10-24)29(27,28)18-8-4-7-17(21)20(18)22/h2-8H,9-14H2,1H3,(H,23,26). The van der Waals surface area contributed by atoms with Crippen molar-refractivity contribution in [2.24, 2.45) is 0 Å². The Bertz CT molecular complexity index is 990. The topological polar surface area (TPSA) is 69.7 Å². The quantitative estimate of drug-likeness (QED) is 0.726. The number of piperazine rings is 1. The van der Waals surface area contributed by atoms with Gasteiger partial charge in [-0.3, -0.25) is 9.69 Å². The van der Waals surface area contributed by atoms with Crippen LogP contribution in [0.1, 0.15) is 11.1 Å².